The summed E-state index contributed by atoms with van der Waals surface area (Å²) >= 11 is 0. The minimum Gasteiger partial charge on any atom is -0.491 e. The van der Waals surface area contributed by atoms with Crippen LogP contribution in [0, 0.1) is 0 Å². The number of nitrogens with zero attached hydrogens (tertiary/aromatic N) is 2. The molecule has 3 heterocycles. The number of aromatic carboxylic acids is 1. The average Bonchev–Trinajstić information content (AvgIpc) is 2.54. The number of carboxylic acids is 1. The van der Waals surface area contributed by atoms with E-state index in [4.69, 9.17) is 9.47 Å². The number of pyridine rings is 1. The van der Waals surface area contributed by atoms with Crippen molar-refractivity contribution >= 4 is 11.9 Å². The Labute approximate surface area is 138 Å². The Bertz CT molecular complexity index is 754. The lowest BCUT2D eigenvalue weighted by Gasteiger charge is -2.47. The van der Waals surface area contributed by atoms with Gasteiger partial charge in [-0.05, 0) is 20.3 Å². The van der Waals surface area contributed by atoms with Crippen LogP contribution in [0.15, 0.2) is 11.0 Å². The summed E-state index contributed by atoms with van der Waals surface area (Å²) in [6.45, 7) is 4.69. The van der Waals surface area contributed by atoms with Gasteiger partial charge in [0.25, 0.3) is 5.91 Å². The Kier molecular flexibility index (Phi) is 4.08. The summed E-state index contributed by atoms with van der Waals surface area (Å²) in [5, 5.41) is 9.30. The van der Waals surface area contributed by atoms with Crippen LogP contribution in [0.1, 0.15) is 47.2 Å². The Morgan fingerprint density at radius 2 is 2.08 bits per heavy atom. The second-order valence-corrected chi connectivity index (χ2v) is 6.27. The predicted octanol–water partition coefficient (Wildman–Crippen LogP) is 0.749. The van der Waals surface area contributed by atoms with Crippen LogP contribution in [0.2, 0.25) is 0 Å². The van der Waals surface area contributed by atoms with E-state index in [1.54, 1.807) is 9.47 Å². The van der Waals surface area contributed by atoms with Gasteiger partial charge in [-0.25, -0.2) is 4.79 Å². The molecule has 3 rings (SSSR count). The first kappa shape index (κ1) is 16.5. The monoisotopic (exact) mass is 336 g/mol. The Hall–Kier alpha value is -2.35. The lowest BCUT2D eigenvalue weighted by atomic mass is 9.94. The minimum atomic E-state index is -1.34. The van der Waals surface area contributed by atoms with Crippen molar-refractivity contribution in [1.29, 1.82) is 0 Å². The third-order valence-corrected chi connectivity index (χ3v) is 4.63. The van der Waals surface area contributed by atoms with Crippen LogP contribution in [0.5, 0.6) is 5.75 Å². The number of carbonyl (C=O) groups is 2. The summed E-state index contributed by atoms with van der Waals surface area (Å²) in [6, 6.07) is -0.437. The van der Waals surface area contributed by atoms with Gasteiger partial charge in [0.05, 0.1) is 25.8 Å². The molecule has 24 heavy (non-hydrogen) atoms. The van der Waals surface area contributed by atoms with Gasteiger partial charge in [0.15, 0.2) is 11.4 Å². The van der Waals surface area contributed by atoms with Crippen molar-refractivity contribution in [2.24, 2.45) is 0 Å². The molecule has 1 saturated heterocycles. The van der Waals surface area contributed by atoms with E-state index in [-0.39, 0.29) is 35.5 Å². The molecule has 0 bridgehead atoms. The van der Waals surface area contributed by atoms with E-state index < -0.39 is 17.0 Å². The highest BCUT2D eigenvalue weighted by atomic mass is 16.5. The van der Waals surface area contributed by atoms with E-state index in [1.165, 1.54) is 13.3 Å². The molecule has 1 amide bonds. The van der Waals surface area contributed by atoms with Crippen molar-refractivity contribution in [3.8, 4) is 5.75 Å². The van der Waals surface area contributed by atoms with Gasteiger partial charge in [0.2, 0.25) is 5.43 Å². The van der Waals surface area contributed by atoms with Crippen LogP contribution < -0.4 is 10.2 Å². The Morgan fingerprint density at radius 3 is 2.67 bits per heavy atom. The molecule has 0 spiro atoms. The third kappa shape index (κ3) is 2.29. The molecule has 2 atom stereocenters. The number of carboxylic acid groups (broad SMARTS) is 1. The summed E-state index contributed by atoms with van der Waals surface area (Å²) in [5.41, 5.74) is -1.06. The normalized spacial score (nSPS) is 23.0. The predicted molar refractivity (Wildman–Crippen MR) is 83.8 cm³/mol. The first-order valence-corrected chi connectivity index (χ1v) is 7.85. The molecule has 130 valence electrons. The number of hydrogen-bond acceptors (Lipinski definition) is 5. The SMILES string of the molecule is COc1c2n(cc(C(=O)O)c1=O)[C@@H]1CCOC[C@H]1N(C(C)C)C2=O. The number of methoxy groups -OCH3 is 1. The highest BCUT2D eigenvalue weighted by molar-refractivity contribution is 5.98. The lowest BCUT2D eigenvalue weighted by molar-refractivity contribution is -0.0277. The van der Waals surface area contributed by atoms with Crippen LogP contribution in [-0.4, -0.2) is 58.9 Å². The van der Waals surface area contributed by atoms with E-state index in [0.29, 0.717) is 19.6 Å². The summed E-state index contributed by atoms with van der Waals surface area (Å²) in [7, 11) is 1.27. The van der Waals surface area contributed by atoms with Crippen molar-refractivity contribution in [2.75, 3.05) is 20.3 Å². The molecule has 0 aliphatic carbocycles. The number of ether oxygens (including phenoxy) is 2. The number of hydrogen-bond donors (Lipinski definition) is 1. The molecule has 1 aromatic rings. The molecule has 2 aliphatic rings. The number of aromatic nitrogens is 1. The Balaban J connectivity index is 2.30. The maximum atomic E-state index is 13.0. The van der Waals surface area contributed by atoms with Gasteiger partial charge in [-0.3, -0.25) is 9.59 Å². The van der Waals surface area contributed by atoms with Gasteiger partial charge >= 0.3 is 5.97 Å². The van der Waals surface area contributed by atoms with Crippen molar-refractivity contribution < 1.29 is 24.2 Å². The second-order valence-electron chi connectivity index (χ2n) is 6.27. The van der Waals surface area contributed by atoms with Crippen molar-refractivity contribution in [3.05, 3.63) is 27.7 Å². The van der Waals surface area contributed by atoms with E-state index in [2.05, 4.69) is 0 Å². The van der Waals surface area contributed by atoms with Crippen LogP contribution >= 0.6 is 0 Å². The summed E-state index contributed by atoms with van der Waals surface area (Å²) < 4.78 is 12.3. The maximum Gasteiger partial charge on any atom is 0.341 e. The zero-order valence-corrected chi connectivity index (χ0v) is 13.8. The van der Waals surface area contributed by atoms with Gasteiger partial charge < -0.3 is 24.0 Å². The van der Waals surface area contributed by atoms with Crippen LogP contribution in [0.4, 0.5) is 0 Å². The van der Waals surface area contributed by atoms with Crippen molar-refractivity contribution in [1.82, 2.24) is 9.47 Å². The van der Waals surface area contributed by atoms with Gasteiger partial charge in [-0.2, -0.15) is 0 Å². The molecule has 1 aromatic heterocycles. The fourth-order valence-corrected chi connectivity index (χ4v) is 3.61. The van der Waals surface area contributed by atoms with Crippen LogP contribution in [-0.2, 0) is 4.74 Å². The lowest BCUT2D eigenvalue weighted by Crippen LogP contribution is -2.58. The largest absolute Gasteiger partial charge is 0.491 e. The smallest absolute Gasteiger partial charge is 0.341 e. The standard InChI is InChI=1S/C16H20N2O6/c1-8(2)18-11-7-24-5-4-10(11)17-6-9(16(21)22)13(19)14(23-3)12(17)15(18)20/h6,8,10-11H,4-5,7H2,1-3H3,(H,21,22)/t10-,11-/m1/s1. The first-order chi connectivity index (χ1) is 11.4. The van der Waals surface area contributed by atoms with Crippen LogP contribution in [0.25, 0.3) is 0 Å². The Morgan fingerprint density at radius 1 is 1.38 bits per heavy atom. The zero-order chi connectivity index (χ0) is 17.6. The number of amides is 1. The molecule has 1 N–H and O–H groups in total. The summed E-state index contributed by atoms with van der Waals surface area (Å²) in [6.07, 6.45) is 1.89. The van der Waals surface area contributed by atoms with Gasteiger partial charge in [-0.15, -0.1) is 0 Å². The minimum absolute atomic E-state index is 0.0839. The van der Waals surface area contributed by atoms with Crippen LogP contribution in [0.3, 0.4) is 0 Å². The van der Waals surface area contributed by atoms with E-state index in [1.807, 2.05) is 13.8 Å². The highest BCUT2D eigenvalue weighted by Gasteiger charge is 2.44. The highest BCUT2D eigenvalue weighted by Crippen LogP contribution is 2.36. The van der Waals surface area contributed by atoms with E-state index >= 15 is 0 Å². The average molecular weight is 336 g/mol. The molecular formula is C16H20N2O6. The molecule has 8 nitrogen and oxygen atoms in total. The third-order valence-electron chi connectivity index (χ3n) is 4.63. The topological polar surface area (TPSA) is 98.1 Å². The summed E-state index contributed by atoms with van der Waals surface area (Å²) in [4.78, 5) is 38.5. The van der Waals surface area contributed by atoms with Gasteiger partial charge in [0, 0.05) is 18.8 Å². The van der Waals surface area contributed by atoms with Crippen molar-refractivity contribution in [2.45, 2.75) is 38.4 Å². The molecular weight excluding hydrogens is 316 g/mol. The number of rotatable bonds is 3. The molecule has 0 unspecified atom stereocenters. The number of fused-ring (bicyclic) bond motifs is 3. The van der Waals surface area contributed by atoms with Crippen molar-refractivity contribution in [3.63, 3.8) is 0 Å². The first-order valence-electron chi connectivity index (χ1n) is 7.85. The molecule has 0 saturated carbocycles. The molecule has 2 aliphatic heterocycles. The maximum absolute atomic E-state index is 13.0. The fourth-order valence-electron chi connectivity index (χ4n) is 3.61. The molecule has 0 aromatic carbocycles. The van der Waals surface area contributed by atoms with E-state index in [9.17, 15) is 19.5 Å². The second kappa shape index (κ2) is 5.94. The van der Waals surface area contributed by atoms with E-state index in [0.717, 1.165) is 0 Å². The molecule has 8 heteroatoms. The van der Waals surface area contributed by atoms with Gasteiger partial charge in [0.1, 0.15) is 5.56 Å². The molecule has 0 radical (unpaired) electrons. The zero-order valence-electron chi connectivity index (χ0n) is 13.8. The number of carbonyl (C=O) groups excluding carboxylic acids is 1. The van der Waals surface area contributed by atoms with Gasteiger partial charge in [-0.1, -0.05) is 0 Å². The quantitative estimate of drug-likeness (QED) is 0.875. The molecule has 1 fully saturated rings. The fraction of sp³-hybridized carbons (Fsp3) is 0.562. The summed E-state index contributed by atoms with van der Waals surface area (Å²) in [5.74, 6) is -1.89.